The Balaban J connectivity index is 1.43. The molecule has 21 heteroatoms. The van der Waals surface area contributed by atoms with Crippen LogP contribution in [0, 0.1) is 0 Å². The normalized spacial score (nSPS) is 22.4. The molecule has 1 aliphatic heterocycles. The number of aromatic nitrogens is 1. The second-order valence-corrected chi connectivity index (χ2v) is 19.9. The molecule has 21 nitrogen and oxygen atoms in total. The van der Waals surface area contributed by atoms with Gasteiger partial charge in [0.1, 0.15) is 41.5 Å². The molecule has 1 spiro atoms. The number of ether oxygens (including phenoxy) is 1. The van der Waals surface area contributed by atoms with E-state index in [2.05, 4.69) is 47.2 Å². The Labute approximate surface area is 442 Å². The average molecular weight is 1050 g/mol. The molecule has 14 N–H and O–H groups in total. The van der Waals surface area contributed by atoms with Crippen molar-refractivity contribution >= 4 is 64.1 Å². The molecule has 76 heavy (non-hydrogen) atoms. The zero-order valence-corrected chi connectivity index (χ0v) is 43.6. The third-order valence-corrected chi connectivity index (χ3v) is 13.6. The topological polar surface area (TPSA) is 336 Å². The molecular weight excluding hydrogens is 973 g/mol. The summed E-state index contributed by atoms with van der Waals surface area (Å²) in [5.74, 6) is -5.19. The standard InChI is InChI=1S/C55H74N12O9/c1-4-5-23-46(68)62-44-30-47(69)59-26-12-11-20-40(48(56)70)63-51(73)43(29-36-32-61-39-19-10-9-18-37(36)39)65-49(71)41(21-14-27-60-54(57)58)64-50(72)42(28-34-15-7-6-8-16-34)66-53(75)55(67-52(44)74)25-24-38-35(31-55)17-13-22-45(38)76-33(2)3/h6-10,13,15-19,22,32-33,40-44,61H,4-5,11-12,14,20-21,23-31H2,1-3H3,(H2,56,70)(H,59,69)(H,62,68)(H,63,73)(H,64,72)(H,65,71)(H,66,75)(H,67,74)(H4,57,58,60)/t40-,41-,42+,43-,44-,55?/m0/s1. The molecule has 3 aromatic carbocycles. The van der Waals surface area contributed by atoms with E-state index in [4.69, 9.17) is 21.9 Å². The predicted octanol–water partition coefficient (Wildman–Crippen LogP) is 1.63. The molecule has 8 amide bonds. The SMILES string of the molecule is CCCCC(=O)N[C@H]1CC(=O)NCCCC[C@@H](C(N)=O)NC(=O)[C@H](Cc2c[nH]c3ccccc23)NC(=O)[C@H](CCCN=C(N)N)NC(=O)[C@@H](Cc2ccccc2)NC(=O)C2(CCc3c(cccc3OC(C)C)C2)NC1=O. The monoisotopic (exact) mass is 1050 g/mol. The molecule has 1 aliphatic carbocycles. The first-order valence-electron chi connectivity index (χ1n) is 26.3. The molecule has 1 unspecified atom stereocenters. The number of carbonyl (C=O) groups excluding carboxylic acids is 8. The Hall–Kier alpha value is -7.97. The maximum absolute atomic E-state index is 15.4. The molecule has 1 aromatic heterocycles. The maximum Gasteiger partial charge on any atom is 0.246 e. The van der Waals surface area contributed by atoms with Crippen molar-refractivity contribution in [2.75, 3.05) is 13.1 Å². The van der Waals surface area contributed by atoms with Crippen LogP contribution in [0.4, 0.5) is 0 Å². The Morgan fingerprint density at radius 3 is 2.25 bits per heavy atom. The second-order valence-electron chi connectivity index (χ2n) is 19.9. The highest BCUT2D eigenvalue weighted by Crippen LogP contribution is 2.35. The number of carbonyl (C=O) groups is 8. The van der Waals surface area contributed by atoms with Gasteiger partial charge in [-0.15, -0.1) is 0 Å². The quantitative estimate of drug-likeness (QED) is 0.0462. The van der Waals surface area contributed by atoms with E-state index in [-0.39, 0.29) is 82.9 Å². The van der Waals surface area contributed by atoms with Crippen molar-refractivity contribution < 1.29 is 43.1 Å². The van der Waals surface area contributed by atoms with Gasteiger partial charge < -0.3 is 64.1 Å². The van der Waals surface area contributed by atoms with Crippen LogP contribution in [0.1, 0.15) is 107 Å². The number of amides is 8. The van der Waals surface area contributed by atoms with Crippen LogP contribution in [0.3, 0.4) is 0 Å². The van der Waals surface area contributed by atoms with E-state index >= 15 is 4.79 Å². The summed E-state index contributed by atoms with van der Waals surface area (Å²) in [6.07, 6.45) is 3.40. The van der Waals surface area contributed by atoms with E-state index in [1.165, 1.54) is 0 Å². The van der Waals surface area contributed by atoms with E-state index in [1.54, 1.807) is 42.6 Å². The molecule has 1 saturated heterocycles. The Morgan fingerprint density at radius 2 is 1.51 bits per heavy atom. The minimum Gasteiger partial charge on any atom is -0.491 e. The Morgan fingerprint density at radius 1 is 0.803 bits per heavy atom. The lowest BCUT2D eigenvalue weighted by Gasteiger charge is -2.40. The molecule has 408 valence electrons. The lowest BCUT2D eigenvalue weighted by Crippen LogP contribution is -2.67. The van der Waals surface area contributed by atoms with Crippen molar-refractivity contribution in [2.24, 2.45) is 22.2 Å². The highest BCUT2D eigenvalue weighted by atomic mass is 16.5. The maximum atomic E-state index is 15.4. The average Bonchev–Trinajstić information content (AvgIpc) is 3.80. The van der Waals surface area contributed by atoms with Gasteiger partial charge in [-0.25, -0.2) is 0 Å². The first-order chi connectivity index (χ1) is 36.4. The molecule has 0 radical (unpaired) electrons. The lowest BCUT2D eigenvalue weighted by molar-refractivity contribution is -0.139. The lowest BCUT2D eigenvalue weighted by atomic mass is 9.76. The molecular formula is C55H74N12O9. The molecule has 0 bridgehead atoms. The molecule has 0 saturated carbocycles. The minimum absolute atomic E-state index is 0.0264. The number of benzene rings is 3. The van der Waals surface area contributed by atoms with Crippen LogP contribution < -0.4 is 59.2 Å². The first kappa shape index (κ1) is 57.3. The number of nitrogens with two attached hydrogens (primary N) is 3. The van der Waals surface area contributed by atoms with Crippen LogP contribution in [0.15, 0.2) is 84.0 Å². The van der Waals surface area contributed by atoms with Gasteiger partial charge in [0.2, 0.25) is 47.3 Å². The summed E-state index contributed by atoms with van der Waals surface area (Å²) in [6, 6.07) is 15.2. The third-order valence-electron chi connectivity index (χ3n) is 13.6. The van der Waals surface area contributed by atoms with E-state index < -0.39 is 89.4 Å². The summed E-state index contributed by atoms with van der Waals surface area (Å²) < 4.78 is 6.16. The zero-order chi connectivity index (χ0) is 54.8. The third kappa shape index (κ3) is 16.3. The number of guanidine groups is 1. The van der Waals surface area contributed by atoms with Gasteiger partial charge in [-0.3, -0.25) is 43.3 Å². The summed E-state index contributed by atoms with van der Waals surface area (Å²) >= 11 is 0. The zero-order valence-electron chi connectivity index (χ0n) is 43.6. The van der Waals surface area contributed by atoms with Gasteiger partial charge in [0.25, 0.3) is 0 Å². The van der Waals surface area contributed by atoms with Crippen LogP contribution in [0.25, 0.3) is 10.9 Å². The summed E-state index contributed by atoms with van der Waals surface area (Å²) in [5.41, 5.74) is 19.0. The van der Waals surface area contributed by atoms with Crippen molar-refractivity contribution in [3.8, 4) is 5.75 Å². The van der Waals surface area contributed by atoms with Gasteiger partial charge in [-0.2, -0.15) is 0 Å². The minimum atomic E-state index is -1.75. The van der Waals surface area contributed by atoms with Crippen LogP contribution in [0.5, 0.6) is 5.75 Å². The Bertz CT molecular complexity index is 2720. The van der Waals surface area contributed by atoms with Crippen molar-refractivity contribution in [1.82, 2.24) is 42.2 Å². The number of unbranched alkanes of at least 4 members (excludes halogenated alkanes) is 1. The van der Waals surface area contributed by atoms with Gasteiger partial charge in [0.05, 0.1) is 12.5 Å². The number of hydrogen-bond donors (Lipinski definition) is 11. The van der Waals surface area contributed by atoms with Crippen LogP contribution in [-0.4, -0.2) is 113 Å². The molecule has 6 atom stereocenters. The highest BCUT2D eigenvalue weighted by molar-refractivity contribution is 6.00. The highest BCUT2D eigenvalue weighted by Gasteiger charge is 2.46. The summed E-state index contributed by atoms with van der Waals surface area (Å²) in [5, 5.41) is 20.6. The molecule has 4 aromatic rings. The summed E-state index contributed by atoms with van der Waals surface area (Å²) in [7, 11) is 0. The number of para-hydroxylation sites is 1. The molecule has 2 aliphatic rings. The van der Waals surface area contributed by atoms with Gasteiger partial charge in [0.15, 0.2) is 5.96 Å². The number of primary amides is 1. The van der Waals surface area contributed by atoms with Crippen molar-refractivity contribution in [1.29, 1.82) is 0 Å². The van der Waals surface area contributed by atoms with E-state index in [1.807, 2.05) is 57.2 Å². The summed E-state index contributed by atoms with van der Waals surface area (Å²) in [6.45, 7) is 5.90. The van der Waals surface area contributed by atoms with Crippen LogP contribution in [-0.2, 0) is 64.0 Å². The predicted molar refractivity (Wildman–Crippen MR) is 287 cm³/mol. The van der Waals surface area contributed by atoms with Gasteiger partial charge in [0, 0.05) is 55.9 Å². The van der Waals surface area contributed by atoms with Crippen molar-refractivity contribution in [2.45, 2.75) is 153 Å². The van der Waals surface area contributed by atoms with Gasteiger partial charge in [-0.1, -0.05) is 74.0 Å². The largest absolute Gasteiger partial charge is 0.491 e. The number of rotatable bonds is 15. The van der Waals surface area contributed by atoms with Crippen molar-refractivity contribution in [3.05, 3.63) is 101 Å². The fourth-order valence-electron chi connectivity index (χ4n) is 9.59. The number of aliphatic imine (C=N–C) groups is 1. The van der Waals surface area contributed by atoms with E-state index in [9.17, 15) is 33.6 Å². The van der Waals surface area contributed by atoms with Gasteiger partial charge >= 0.3 is 0 Å². The summed E-state index contributed by atoms with van der Waals surface area (Å²) in [4.78, 5) is 121. The first-order valence-corrected chi connectivity index (χ1v) is 26.3. The Kier molecular flexibility index (Phi) is 20.8. The van der Waals surface area contributed by atoms with Crippen molar-refractivity contribution in [3.63, 3.8) is 0 Å². The second kappa shape index (κ2) is 27.5. The number of H-pyrrole nitrogens is 1. The molecule has 2 heterocycles. The van der Waals surface area contributed by atoms with E-state index in [0.29, 0.717) is 48.1 Å². The van der Waals surface area contributed by atoms with Crippen LogP contribution >= 0.6 is 0 Å². The smallest absolute Gasteiger partial charge is 0.246 e. The molecule has 1 fully saturated rings. The fraction of sp³-hybridized carbons (Fsp3) is 0.473. The fourth-order valence-corrected chi connectivity index (χ4v) is 9.59. The number of aromatic amines is 1. The molecule has 6 rings (SSSR count). The number of hydrogen-bond acceptors (Lipinski definition) is 10. The number of fused-ring (bicyclic) bond motifs is 2. The number of nitrogens with one attached hydrogen (secondary N) is 8. The van der Waals surface area contributed by atoms with Crippen LogP contribution in [0.2, 0.25) is 0 Å². The number of nitrogens with zero attached hydrogens (tertiary/aromatic N) is 1. The van der Waals surface area contributed by atoms with E-state index in [0.717, 1.165) is 16.5 Å². The van der Waals surface area contributed by atoms with Gasteiger partial charge in [-0.05, 0) is 99.6 Å².